The van der Waals surface area contributed by atoms with Crippen LogP contribution in [0.1, 0.15) is 27.6 Å². The van der Waals surface area contributed by atoms with Gasteiger partial charge in [0.25, 0.3) is 0 Å². The average Bonchev–Trinajstić information content (AvgIpc) is 2.64. The van der Waals surface area contributed by atoms with Crippen LogP contribution in [-0.4, -0.2) is 5.78 Å². The molecule has 0 saturated heterocycles. The van der Waals surface area contributed by atoms with Crippen molar-refractivity contribution in [1.29, 1.82) is 0 Å². The Hall–Kier alpha value is -1.30. The van der Waals surface area contributed by atoms with E-state index in [1.807, 2.05) is 66.7 Å². The Morgan fingerprint density at radius 2 is 1.56 bits per heavy atom. The minimum absolute atomic E-state index is 0.0640. The molecule has 3 aromatic rings. The van der Waals surface area contributed by atoms with Crippen molar-refractivity contribution in [3.63, 3.8) is 0 Å². The first kappa shape index (κ1) is 18.5. The fourth-order valence-corrected chi connectivity index (χ4v) is 4.13. The topological polar surface area (TPSA) is 17.1 Å². The zero-order valence-electron chi connectivity index (χ0n) is 13.4. The van der Waals surface area contributed by atoms with Crippen molar-refractivity contribution < 1.29 is 4.79 Å². The Balaban J connectivity index is 1.82. The summed E-state index contributed by atoms with van der Waals surface area (Å²) in [7, 11) is 0. The third kappa shape index (κ3) is 5.33. The third-order valence-electron chi connectivity index (χ3n) is 3.80. The van der Waals surface area contributed by atoms with E-state index in [-0.39, 0.29) is 11.0 Å². The lowest BCUT2D eigenvalue weighted by Gasteiger charge is -2.17. The zero-order chi connectivity index (χ0) is 17.6. The first-order valence-corrected chi connectivity index (χ1v) is 10.2. The molecule has 0 amide bonds. The van der Waals surface area contributed by atoms with Crippen LogP contribution in [0.5, 0.6) is 0 Å². The van der Waals surface area contributed by atoms with Gasteiger partial charge in [0.2, 0.25) is 0 Å². The summed E-state index contributed by atoms with van der Waals surface area (Å²) in [6.45, 7) is 0. The molecular formula is C21H16ClIOS. The van der Waals surface area contributed by atoms with Gasteiger partial charge in [-0.1, -0.05) is 54.1 Å². The van der Waals surface area contributed by atoms with E-state index in [0.717, 1.165) is 24.6 Å². The fraction of sp³-hybridized carbons (Fsp3) is 0.0952. The molecule has 0 aromatic heterocycles. The van der Waals surface area contributed by atoms with E-state index in [4.69, 9.17) is 11.6 Å². The number of ketones is 1. The number of rotatable bonds is 6. The van der Waals surface area contributed by atoms with E-state index in [1.54, 1.807) is 11.8 Å². The van der Waals surface area contributed by atoms with E-state index < -0.39 is 0 Å². The molecule has 0 saturated carbocycles. The second kappa shape index (κ2) is 8.88. The fourth-order valence-electron chi connectivity index (χ4n) is 2.49. The van der Waals surface area contributed by atoms with Gasteiger partial charge in [-0.15, -0.1) is 11.8 Å². The van der Waals surface area contributed by atoms with Crippen LogP contribution in [0.3, 0.4) is 0 Å². The van der Waals surface area contributed by atoms with Crippen molar-refractivity contribution in [2.45, 2.75) is 16.6 Å². The molecule has 3 aromatic carbocycles. The molecule has 0 aliphatic rings. The zero-order valence-corrected chi connectivity index (χ0v) is 17.1. The lowest BCUT2D eigenvalue weighted by atomic mass is 10.0. The number of benzene rings is 3. The van der Waals surface area contributed by atoms with Gasteiger partial charge in [0, 0.05) is 30.7 Å². The van der Waals surface area contributed by atoms with Gasteiger partial charge in [-0.25, -0.2) is 0 Å². The minimum Gasteiger partial charge on any atom is -0.294 e. The highest BCUT2D eigenvalue weighted by Gasteiger charge is 2.18. The van der Waals surface area contributed by atoms with Crippen LogP contribution in [-0.2, 0) is 0 Å². The average molecular weight is 479 g/mol. The molecule has 0 fully saturated rings. The molecular weight excluding hydrogens is 463 g/mol. The van der Waals surface area contributed by atoms with Gasteiger partial charge in [0.1, 0.15) is 0 Å². The number of hydrogen-bond acceptors (Lipinski definition) is 2. The number of Topliss-reactive ketones (excluding diaryl/α,β-unsaturated/α-hetero) is 1. The van der Waals surface area contributed by atoms with Crippen LogP contribution < -0.4 is 0 Å². The molecule has 126 valence electrons. The third-order valence-corrected chi connectivity index (χ3v) is 6.04. The standard InChI is InChI=1S/C21H16ClIOS/c22-17-8-12-19(13-9-17)25-21(16-4-2-1-3-5-16)14-20(24)15-6-10-18(23)11-7-15/h1-13,21H,14H2. The minimum atomic E-state index is 0.0640. The number of halogens is 2. The van der Waals surface area contributed by atoms with Crippen molar-refractivity contribution in [2.75, 3.05) is 0 Å². The monoisotopic (exact) mass is 478 g/mol. The van der Waals surface area contributed by atoms with Gasteiger partial charge < -0.3 is 0 Å². The highest BCUT2D eigenvalue weighted by Crippen LogP contribution is 2.38. The van der Waals surface area contributed by atoms with E-state index >= 15 is 0 Å². The van der Waals surface area contributed by atoms with Crippen LogP contribution in [0, 0.1) is 3.57 Å². The Morgan fingerprint density at radius 1 is 0.920 bits per heavy atom. The van der Waals surface area contributed by atoms with Crippen LogP contribution in [0.25, 0.3) is 0 Å². The largest absolute Gasteiger partial charge is 0.294 e. The van der Waals surface area contributed by atoms with Crippen molar-refractivity contribution in [2.24, 2.45) is 0 Å². The molecule has 4 heteroatoms. The van der Waals surface area contributed by atoms with Gasteiger partial charge >= 0.3 is 0 Å². The number of carbonyl (C=O) groups excluding carboxylic acids is 1. The summed E-state index contributed by atoms with van der Waals surface area (Å²) in [6.07, 6.45) is 0.456. The molecule has 0 spiro atoms. The molecule has 3 rings (SSSR count). The summed E-state index contributed by atoms with van der Waals surface area (Å²) in [5, 5.41) is 0.782. The van der Waals surface area contributed by atoms with Gasteiger partial charge in [-0.3, -0.25) is 4.79 Å². The van der Waals surface area contributed by atoms with E-state index in [0.29, 0.717) is 6.42 Å². The lowest BCUT2D eigenvalue weighted by molar-refractivity contribution is 0.0982. The quantitative estimate of drug-likeness (QED) is 0.214. The normalized spacial score (nSPS) is 11.9. The van der Waals surface area contributed by atoms with Crippen molar-refractivity contribution in [3.05, 3.63) is 98.6 Å². The predicted molar refractivity (Wildman–Crippen MR) is 115 cm³/mol. The molecule has 1 nitrogen and oxygen atoms in total. The van der Waals surface area contributed by atoms with Crippen molar-refractivity contribution >= 4 is 51.7 Å². The number of thioether (sulfide) groups is 1. The van der Waals surface area contributed by atoms with Crippen LogP contribution in [0.15, 0.2) is 83.8 Å². The summed E-state index contributed by atoms with van der Waals surface area (Å²) in [5.74, 6) is 0.159. The summed E-state index contributed by atoms with van der Waals surface area (Å²) in [5.41, 5.74) is 1.92. The molecule has 1 atom stereocenters. The predicted octanol–water partition coefficient (Wildman–Crippen LogP) is 7.05. The highest BCUT2D eigenvalue weighted by molar-refractivity contribution is 14.1. The van der Waals surface area contributed by atoms with E-state index in [2.05, 4.69) is 34.7 Å². The van der Waals surface area contributed by atoms with Gasteiger partial charge in [-0.2, -0.15) is 0 Å². The van der Waals surface area contributed by atoms with Crippen molar-refractivity contribution in [1.82, 2.24) is 0 Å². The van der Waals surface area contributed by atoms with Crippen LogP contribution >= 0.6 is 46.0 Å². The van der Waals surface area contributed by atoms with Crippen LogP contribution in [0.4, 0.5) is 0 Å². The highest BCUT2D eigenvalue weighted by atomic mass is 127. The van der Waals surface area contributed by atoms with Gasteiger partial charge in [-0.05, 0) is 64.6 Å². The Labute approximate surface area is 170 Å². The molecule has 0 aliphatic carbocycles. The molecule has 1 unspecified atom stereocenters. The van der Waals surface area contributed by atoms with Crippen molar-refractivity contribution in [3.8, 4) is 0 Å². The summed E-state index contributed by atoms with van der Waals surface area (Å²) >= 11 is 9.92. The lowest BCUT2D eigenvalue weighted by Crippen LogP contribution is -2.05. The van der Waals surface area contributed by atoms with E-state index in [1.165, 1.54) is 0 Å². The molecule has 25 heavy (non-hydrogen) atoms. The number of hydrogen-bond donors (Lipinski definition) is 0. The molecule has 0 bridgehead atoms. The maximum Gasteiger partial charge on any atom is 0.164 e. The second-order valence-corrected chi connectivity index (χ2v) is 8.56. The van der Waals surface area contributed by atoms with Gasteiger partial charge in [0.05, 0.1) is 0 Å². The SMILES string of the molecule is O=C(CC(Sc1ccc(Cl)cc1)c1ccccc1)c1ccc(I)cc1. The molecule has 0 radical (unpaired) electrons. The summed E-state index contributed by atoms with van der Waals surface area (Å²) < 4.78 is 1.13. The summed E-state index contributed by atoms with van der Waals surface area (Å²) in [4.78, 5) is 13.9. The maximum absolute atomic E-state index is 12.7. The first-order chi connectivity index (χ1) is 12.1. The van der Waals surface area contributed by atoms with E-state index in [9.17, 15) is 4.79 Å². The maximum atomic E-state index is 12.7. The molecule has 0 N–H and O–H groups in total. The second-order valence-electron chi connectivity index (χ2n) is 5.61. The smallest absolute Gasteiger partial charge is 0.164 e. The molecule has 0 heterocycles. The first-order valence-electron chi connectivity index (χ1n) is 7.88. The van der Waals surface area contributed by atoms with Gasteiger partial charge in [0.15, 0.2) is 5.78 Å². The Morgan fingerprint density at radius 3 is 2.20 bits per heavy atom. The molecule has 0 aliphatic heterocycles. The Kier molecular flexibility index (Phi) is 6.57. The Bertz CT molecular complexity index is 832. The number of carbonyl (C=O) groups is 1. The summed E-state index contributed by atoms with van der Waals surface area (Å²) in [6, 6.07) is 25.7. The van der Waals surface area contributed by atoms with Crippen LogP contribution in [0.2, 0.25) is 5.02 Å².